The molecule has 5 nitrogen and oxygen atoms in total. The summed E-state index contributed by atoms with van der Waals surface area (Å²) in [5.41, 5.74) is 0.0349. The van der Waals surface area contributed by atoms with Gasteiger partial charge in [-0.05, 0) is 34.0 Å². The maximum atomic E-state index is 12.0. The number of halogens is 3. The van der Waals surface area contributed by atoms with E-state index in [0.717, 1.165) is 0 Å². The predicted molar refractivity (Wildman–Crippen MR) is 75.9 cm³/mol. The Labute approximate surface area is 127 Å². The molecule has 0 bridgehead atoms. The summed E-state index contributed by atoms with van der Waals surface area (Å²) in [4.78, 5) is 17.6. The Hall–Kier alpha value is -1.83. The van der Waals surface area contributed by atoms with Crippen LogP contribution >= 0.6 is 0 Å². The minimum Gasteiger partial charge on any atom is -0.468 e. The first-order valence-electron chi connectivity index (χ1n) is 6.62. The molecule has 1 aromatic heterocycles. The molecule has 124 valence electrons. The molecule has 0 aromatic carbocycles. The van der Waals surface area contributed by atoms with Crippen molar-refractivity contribution in [2.45, 2.75) is 25.6 Å². The third kappa shape index (κ3) is 5.88. The van der Waals surface area contributed by atoms with Gasteiger partial charge in [-0.25, -0.2) is 4.98 Å². The number of hydrogen-bond donors (Lipinski definition) is 1. The van der Waals surface area contributed by atoms with Gasteiger partial charge in [0.2, 0.25) is 5.88 Å². The van der Waals surface area contributed by atoms with E-state index in [1.54, 1.807) is 0 Å². The second-order valence-electron chi connectivity index (χ2n) is 5.68. The minimum absolute atomic E-state index is 0.178. The van der Waals surface area contributed by atoms with Gasteiger partial charge in [0.25, 0.3) is 5.91 Å². The quantitative estimate of drug-likeness (QED) is 0.872. The van der Waals surface area contributed by atoms with Crippen molar-refractivity contribution in [2.24, 2.45) is 0 Å². The molecule has 0 aliphatic rings. The van der Waals surface area contributed by atoms with Crippen LogP contribution in [0.2, 0.25) is 0 Å². The van der Waals surface area contributed by atoms with Crippen LogP contribution in [-0.4, -0.2) is 54.8 Å². The highest BCUT2D eigenvalue weighted by atomic mass is 19.4. The molecule has 0 unspecified atom stereocenters. The van der Waals surface area contributed by atoms with Crippen molar-refractivity contribution in [3.05, 3.63) is 23.9 Å². The SMILES string of the molecule is CN(C)C(C)(C)CNC(=O)c1ccc(OCC(F)(F)F)nc1. The number of ether oxygens (including phenoxy) is 1. The standard InChI is InChI=1S/C14H20F3N3O2/c1-13(2,20(3)4)8-19-12(21)10-5-6-11(18-7-10)22-9-14(15,16)17/h5-7H,8-9H2,1-4H3,(H,19,21). The van der Waals surface area contributed by atoms with Gasteiger partial charge in [0, 0.05) is 24.3 Å². The Morgan fingerprint density at radius 3 is 2.41 bits per heavy atom. The summed E-state index contributed by atoms with van der Waals surface area (Å²) in [6.45, 7) is 2.95. The van der Waals surface area contributed by atoms with E-state index in [4.69, 9.17) is 0 Å². The molecule has 8 heteroatoms. The van der Waals surface area contributed by atoms with E-state index in [2.05, 4.69) is 15.0 Å². The Morgan fingerprint density at radius 2 is 1.95 bits per heavy atom. The lowest BCUT2D eigenvalue weighted by Gasteiger charge is -2.32. The molecule has 0 saturated carbocycles. The number of hydrogen-bond acceptors (Lipinski definition) is 4. The summed E-state index contributed by atoms with van der Waals surface area (Å²) in [6.07, 6.45) is -3.24. The molecule has 0 atom stereocenters. The molecule has 1 heterocycles. The summed E-state index contributed by atoms with van der Waals surface area (Å²) < 4.78 is 40.5. The van der Waals surface area contributed by atoms with Gasteiger partial charge in [-0.2, -0.15) is 13.2 Å². The van der Waals surface area contributed by atoms with Crippen molar-refractivity contribution in [1.82, 2.24) is 15.2 Å². The summed E-state index contributed by atoms with van der Waals surface area (Å²) in [6, 6.07) is 2.61. The Morgan fingerprint density at radius 1 is 1.32 bits per heavy atom. The Kier molecular flexibility index (Phi) is 5.76. The van der Waals surface area contributed by atoms with Crippen LogP contribution in [0.5, 0.6) is 5.88 Å². The Bertz CT molecular complexity index is 499. The average molecular weight is 319 g/mol. The summed E-state index contributed by atoms with van der Waals surface area (Å²) in [5.74, 6) is -0.521. The molecule has 0 aliphatic carbocycles. The van der Waals surface area contributed by atoms with E-state index in [9.17, 15) is 18.0 Å². The highest BCUT2D eigenvalue weighted by molar-refractivity contribution is 5.93. The maximum absolute atomic E-state index is 12.0. The zero-order valence-corrected chi connectivity index (χ0v) is 13.0. The van der Waals surface area contributed by atoms with Crippen LogP contribution in [0.1, 0.15) is 24.2 Å². The second-order valence-corrected chi connectivity index (χ2v) is 5.68. The van der Waals surface area contributed by atoms with Crippen molar-refractivity contribution in [2.75, 3.05) is 27.2 Å². The van der Waals surface area contributed by atoms with E-state index in [0.29, 0.717) is 6.54 Å². The topological polar surface area (TPSA) is 54.5 Å². The highest BCUT2D eigenvalue weighted by Crippen LogP contribution is 2.17. The largest absolute Gasteiger partial charge is 0.468 e. The number of amides is 1. The number of pyridine rings is 1. The van der Waals surface area contributed by atoms with Gasteiger partial charge in [0.15, 0.2) is 6.61 Å². The molecule has 1 amide bonds. The number of rotatable bonds is 6. The van der Waals surface area contributed by atoms with Crippen LogP contribution < -0.4 is 10.1 Å². The van der Waals surface area contributed by atoms with Crippen molar-refractivity contribution in [3.63, 3.8) is 0 Å². The first kappa shape index (κ1) is 18.2. The number of nitrogens with zero attached hydrogens (tertiary/aromatic N) is 2. The maximum Gasteiger partial charge on any atom is 0.422 e. The Balaban J connectivity index is 2.57. The van der Waals surface area contributed by atoms with Gasteiger partial charge in [-0.15, -0.1) is 0 Å². The molecule has 0 saturated heterocycles. The molecule has 0 spiro atoms. The summed E-state index contributed by atoms with van der Waals surface area (Å²) >= 11 is 0. The molecule has 0 aliphatic heterocycles. The third-order valence-corrected chi connectivity index (χ3v) is 3.27. The molecule has 1 aromatic rings. The minimum atomic E-state index is -4.42. The smallest absolute Gasteiger partial charge is 0.422 e. The molecular weight excluding hydrogens is 299 g/mol. The summed E-state index contributed by atoms with van der Waals surface area (Å²) in [5, 5.41) is 2.75. The number of carbonyl (C=O) groups excluding carboxylic acids is 1. The lowest BCUT2D eigenvalue weighted by Crippen LogP contribution is -2.48. The van der Waals surface area contributed by atoms with Gasteiger partial charge in [0.1, 0.15) is 0 Å². The van der Waals surface area contributed by atoms with E-state index in [-0.39, 0.29) is 22.9 Å². The van der Waals surface area contributed by atoms with Gasteiger partial charge >= 0.3 is 6.18 Å². The normalized spacial score (nSPS) is 12.4. The fourth-order valence-electron chi connectivity index (χ4n) is 1.31. The van der Waals surface area contributed by atoms with Crippen molar-refractivity contribution in [3.8, 4) is 5.88 Å². The van der Waals surface area contributed by atoms with E-state index < -0.39 is 12.8 Å². The van der Waals surface area contributed by atoms with Crippen LogP contribution in [-0.2, 0) is 0 Å². The molecule has 0 fully saturated rings. The van der Waals surface area contributed by atoms with Crippen LogP contribution in [0.25, 0.3) is 0 Å². The molecule has 0 radical (unpaired) electrons. The second kappa shape index (κ2) is 6.95. The van der Waals surface area contributed by atoms with Gasteiger partial charge in [0.05, 0.1) is 5.56 Å². The molecule has 1 rings (SSSR count). The number of carbonyl (C=O) groups is 1. The van der Waals surface area contributed by atoms with Crippen molar-refractivity contribution in [1.29, 1.82) is 0 Å². The average Bonchev–Trinajstić information content (AvgIpc) is 2.42. The van der Waals surface area contributed by atoms with E-state index in [1.807, 2.05) is 32.8 Å². The van der Waals surface area contributed by atoms with E-state index in [1.165, 1.54) is 18.3 Å². The number of likely N-dealkylation sites (N-methyl/N-ethyl adjacent to an activating group) is 1. The highest BCUT2D eigenvalue weighted by Gasteiger charge is 2.28. The van der Waals surface area contributed by atoms with Crippen LogP contribution in [0.4, 0.5) is 13.2 Å². The fourth-order valence-corrected chi connectivity index (χ4v) is 1.31. The summed E-state index contributed by atoms with van der Waals surface area (Å²) in [7, 11) is 3.81. The lowest BCUT2D eigenvalue weighted by molar-refractivity contribution is -0.154. The first-order valence-corrected chi connectivity index (χ1v) is 6.62. The predicted octanol–water partition coefficient (Wildman–Crippen LogP) is 2.09. The van der Waals surface area contributed by atoms with E-state index >= 15 is 0 Å². The van der Waals surface area contributed by atoms with Gasteiger partial charge in [-0.3, -0.25) is 4.79 Å². The number of aromatic nitrogens is 1. The third-order valence-electron chi connectivity index (χ3n) is 3.27. The van der Waals surface area contributed by atoms with Crippen molar-refractivity contribution >= 4 is 5.91 Å². The van der Waals surface area contributed by atoms with Crippen LogP contribution in [0, 0.1) is 0 Å². The van der Waals surface area contributed by atoms with Crippen molar-refractivity contribution < 1.29 is 22.7 Å². The molecular formula is C14H20F3N3O2. The van der Waals surface area contributed by atoms with Gasteiger partial charge in [-0.1, -0.05) is 0 Å². The fraction of sp³-hybridized carbons (Fsp3) is 0.571. The lowest BCUT2D eigenvalue weighted by atomic mass is 10.0. The van der Waals surface area contributed by atoms with Gasteiger partial charge < -0.3 is 15.0 Å². The zero-order valence-electron chi connectivity index (χ0n) is 13.0. The zero-order chi connectivity index (χ0) is 17.0. The number of nitrogens with one attached hydrogen (secondary N) is 1. The van der Waals surface area contributed by atoms with Crippen LogP contribution in [0.15, 0.2) is 18.3 Å². The molecule has 1 N–H and O–H groups in total. The monoisotopic (exact) mass is 319 g/mol. The number of alkyl halides is 3. The first-order chi connectivity index (χ1) is 10.0. The molecule has 22 heavy (non-hydrogen) atoms. The van der Waals surface area contributed by atoms with Crippen LogP contribution in [0.3, 0.4) is 0 Å².